The molecule has 1 saturated heterocycles. The Kier molecular flexibility index (Phi) is 15.0. The molecule has 12 nitrogen and oxygen atoms in total. The highest BCUT2D eigenvalue weighted by Crippen LogP contribution is 2.24. The summed E-state index contributed by atoms with van der Waals surface area (Å²) in [4.78, 5) is 84.6. The summed E-state index contributed by atoms with van der Waals surface area (Å²) in [7, 11) is 2.86. The van der Waals surface area contributed by atoms with E-state index in [-0.39, 0.29) is 0 Å². The van der Waals surface area contributed by atoms with Crippen molar-refractivity contribution >= 4 is 35.6 Å². The summed E-state index contributed by atoms with van der Waals surface area (Å²) in [6, 6.07) is -3.39. The van der Waals surface area contributed by atoms with Crippen LogP contribution in [0.2, 0.25) is 0 Å². The zero-order chi connectivity index (χ0) is 35.1. The maximum absolute atomic E-state index is 13.9. The average molecular weight is 640 g/mol. The van der Waals surface area contributed by atoms with Crippen LogP contribution >= 0.6 is 0 Å². The number of cyclic esters (lactones) is 3. The van der Waals surface area contributed by atoms with Crippen molar-refractivity contribution in [2.45, 2.75) is 126 Å². The summed E-state index contributed by atoms with van der Waals surface area (Å²) in [5.41, 5.74) is 0. The zero-order valence-electron chi connectivity index (χ0n) is 29.7. The van der Waals surface area contributed by atoms with Crippen LogP contribution in [0.25, 0.3) is 0 Å². The van der Waals surface area contributed by atoms with E-state index in [4.69, 9.17) is 14.2 Å². The first-order chi connectivity index (χ1) is 20.7. The normalized spacial score (nSPS) is 27.9. The predicted molar refractivity (Wildman–Crippen MR) is 168 cm³/mol. The average Bonchev–Trinajstić information content (AvgIpc) is 2.93. The lowest BCUT2D eigenvalue weighted by atomic mass is 9.97. The van der Waals surface area contributed by atoms with Crippen molar-refractivity contribution in [2.24, 2.45) is 35.5 Å². The molecule has 3 amide bonds. The van der Waals surface area contributed by atoms with Gasteiger partial charge in [-0.3, -0.25) is 14.4 Å². The lowest BCUT2D eigenvalue weighted by Gasteiger charge is -2.37. The molecule has 0 unspecified atom stereocenters. The van der Waals surface area contributed by atoms with Crippen molar-refractivity contribution in [3.05, 3.63) is 0 Å². The summed E-state index contributed by atoms with van der Waals surface area (Å²) >= 11 is 0. The first kappa shape index (κ1) is 39.8. The number of ether oxygens (including phenoxy) is 3. The third kappa shape index (κ3) is 9.90. The van der Waals surface area contributed by atoms with Crippen LogP contribution in [-0.2, 0) is 43.0 Å². The Balaban J connectivity index is 3.88. The van der Waals surface area contributed by atoms with E-state index >= 15 is 0 Å². The minimum atomic E-state index is -1.28. The number of carbonyl (C=O) groups is 6. The lowest BCUT2D eigenvalue weighted by molar-refractivity contribution is -0.178. The summed E-state index contributed by atoms with van der Waals surface area (Å²) in [6.45, 7) is 20.8. The molecule has 7 atom stereocenters. The fourth-order valence-electron chi connectivity index (χ4n) is 5.34. The van der Waals surface area contributed by atoms with Gasteiger partial charge in [0.1, 0.15) is 18.1 Å². The second-order valence-electron chi connectivity index (χ2n) is 14.0. The van der Waals surface area contributed by atoms with Gasteiger partial charge in [-0.05, 0) is 36.0 Å². The number of nitrogens with one attached hydrogen (secondary N) is 1. The molecule has 0 saturated carbocycles. The van der Waals surface area contributed by atoms with E-state index in [0.29, 0.717) is 6.42 Å². The van der Waals surface area contributed by atoms with E-state index in [1.807, 2.05) is 6.92 Å². The van der Waals surface area contributed by atoms with E-state index in [9.17, 15) is 28.8 Å². The predicted octanol–water partition coefficient (Wildman–Crippen LogP) is 3.20. The van der Waals surface area contributed by atoms with Gasteiger partial charge in [-0.1, -0.05) is 83.1 Å². The number of hydrogen-bond donors (Lipinski definition) is 1. The van der Waals surface area contributed by atoms with Crippen LogP contribution in [0.3, 0.4) is 0 Å². The van der Waals surface area contributed by atoms with Crippen LogP contribution < -0.4 is 5.32 Å². The molecule has 1 heterocycles. The van der Waals surface area contributed by atoms with E-state index in [2.05, 4.69) is 5.32 Å². The van der Waals surface area contributed by atoms with Crippen LogP contribution in [0.4, 0.5) is 0 Å². The standard InChI is InChI=1S/C33H57N3O9/c1-15-21(12)27-28(37)34-22(16(2)3)31(40)43-25(19(8)9)29(38)35(13)23(17(4)5)32(41)44-26(20(10)11)30(39)36(14)24(18(6)7)33(42)45-27/h16-27H,15H2,1-14H3,(H,34,37)/t21-,22-,23-,24-,25+,26+,27+/m0/s1. The van der Waals surface area contributed by atoms with Gasteiger partial charge in [-0.15, -0.1) is 0 Å². The molecule has 0 aliphatic carbocycles. The van der Waals surface area contributed by atoms with Gasteiger partial charge < -0.3 is 29.3 Å². The van der Waals surface area contributed by atoms with Crippen LogP contribution in [0.1, 0.15) is 89.5 Å². The fourth-order valence-corrected chi connectivity index (χ4v) is 5.34. The highest BCUT2D eigenvalue weighted by molar-refractivity contribution is 5.94. The molecule has 0 aromatic carbocycles. The van der Waals surface area contributed by atoms with Crippen molar-refractivity contribution in [1.82, 2.24) is 15.1 Å². The molecule has 0 spiro atoms. The molecule has 1 fully saturated rings. The number of nitrogens with zero attached hydrogens (tertiary/aromatic N) is 2. The molecule has 0 aromatic heterocycles. The molecule has 1 N–H and O–H groups in total. The fraction of sp³-hybridized carbons (Fsp3) is 0.818. The minimum absolute atomic E-state index is 0.431. The molecule has 0 radical (unpaired) electrons. The quantitative estimate of drug-likeness (QED) is 0.327. The number of likely N-dealkylation sites (N-methyl/N-ethyl adjacent to an activating group) is 2. The maximum atomic E-state index is 13.9. The maximum Gasteiger partial charge on any atom is 0.329 e. The van der Waals surface area contributed by atoms with E-state index in [1.165, 1.54) is 23.9 Å². The monoisotopic (exact) mass is 639 g/mol. The SMILES string of the molecule is CC[C@H](C)[C@H]1OC(=O)[C@H](C(C)C)N(C)C(=O)[C@@H](C(C)C)OC(=O)[C@H](C(C)C)N(C)C(=O)[C@@H](C(C)C)OC(=O)[C@H](C(C)C)NC1=O. The Morgan fingerprint density at radius 3 is 1.22 bits per heavy atom. The third-order valence-electron chi connectivity index (χ3n) is 8.34. The molecule has 1 aliphatic rings. The van der Waals surface area contributed by atoms with Crippen LogP contribution in [0.5, 0.6) is 0 Å². The topological polar surface area (TPSA) is 149 Å². The van der Waals surface area contributed by atoms with Crippen LogP contribution in [-0.4, -0.2) is 96.0 Å². The van der Waals surface area contributed by atoms with Crippen molar-refractivity contribution in [3.8, 4) is 0 Å². The lowest BCUT2D eigenvalue weighted by Crippen LogP contribution is -2.57. The Bertz CT molecular complexity index is 1070. The number of hydrogen-bond acceptors (Lipinski definition) is 9. The van der Waals surface area contributed by atoms with Gasteiger partial charge in [0.05, 0.1) is 0 Å². The highest BCUT2D eigenvalue weighted by atomic mass is 16.6. The molecule has 0 bridgehead atoms. The minimum Gasteiger partial charge on any atom is -0.450 e. The van der Waals surface area contributed by atoms with Crippen molar-refractivity contribution in [2.75, 3.05) is 14.1 Å². The summed E-state index contributed by atoms with van der Waals surface area (Å²) in [5, 5.41) is 2.69. The summed E-state index contributed by atoms with van der Waals surface area (Å²) in [5.74, 6) is -7.08. The number of rotatable bonds is 7. The second kappa shape index (κ2) is 16.9. The van der Waals surface area contributed by atoms with Crippen LogP contribution in [0, 0.1) is 35.5 Å². The van der Waals surface area contributed by atoms with E-state index in [0.717, 1.165) is 0 Å². The van der Waals surface area contributed by atoms with Crippen LogP contribution in [0.15, 0.2) is 0 Å². The molecule has 12 heteroatoms. The van der Waals surface area contributed by atoms with Gasteiger partial charge in [-0.25, -0.2) is 14.4 Å². The van der Waals surface area contributed by atoms with Gasteiger partial charge >= 0.3 is 17.9 Å². The second-order valence-corrected chi connectivity index (χ2v) is 14.0. The highest BCUT2D eigenvalue weighted by Gasteiger charge is 2.44. The van der Waals surface area contributed by atoms with Gasteiger partial charge in [0.2, 0.25) is 0 Å². The van der Waals surface area contributed by atoms with E-state index in [1.54, 1.807) is 76.2 Å². The van der Waals surface area contributed by atoms with Crippen molar-refractivity contribution in [3.63, 3.8) is 0 Å². The molecular weight excluding hydrogens is 582 g/mol. The molecule has 1 aliphatic heterocycles. The largest absolute Gasteiger partial charge is 0.450 e. The molecule has 45 heavy (non-hydrogen) atoms. The Morgan fingerprint density at radius 1 is 0.556 bits per heavy atom. The van der Waals surface area contributed by atoms with Crippen molar-refractivity contribution < 1.29 is 43.0 Å². The first-order valence-corrected chi connectivity index (χ1v) is 16.1. The Hall–Kier alpha value is -3.18. The number of amides is 3. The molecular formula is C33H57N3O9. The Labute approximate surface area is 269 Å². The molecule has 1 rings (SSSR count). The zero-order valence-corrected chi connectivity index (χ0v) is 29.7. The van der Waals surface area contributed by atoms with Crippen molar-refractivity contribution in [1.29, 1.82) is 0 Å². The molecule has 0 aromatic rings. The third-order valence-corrected chi connectivity index (χ3v) is 8.34. The smallest absolute Gasteiger partial charge is 0.329 e. The first-order valence-electron chi connectivity index (χ1n) is 16.1. The van der Waals surface area contributed by atoms with E-state index < -0.39 is 108 Å². The van der Waals surface area contributed by atoms with Gasteiger partial charge in [-0.2, -0.15) is 0 Å². The summed E-state index contributed by atoms with van der Waals surface area (Å²) < 4.78 is 17.4. The molecule has 258 valence electrons. The van der Waals surface area contributed by atoms with Gasteiger partial charge in [0, 0.05) is 20.0 Å². The number of carbonyl (C=O) groups excluding carboxylic acids is 6. The number of esters is 3. The van der Waals surface area contributed by atoms with Gasteiger partial charge in [0.15, 0.2) is 18.3 Å². The Morgan fingerprint density at radius 2 is 0.911 bits per heavy atom. The van der Waals surface area contributed by atoms with Gasteiger partial charge in [0.25, 0.3) is 17.7 Å². The summed E-state index contributed by atoms with van der Waals surface area (Å²) in [6.07, 6.45) is -3.36.